The average molecular weight is 287 g/mol. The van der Waals surface area contributed by atoms with Gasteiger partial charge < -0.3 is 10.0 Å². The summed E-state index contributed by atoms with van der Waals surface area (Å²) in [5.41, 5.74) is 1.09. The predicted octanol–water partition coefficient (Wildman–Crippen LogP) is 0.595. The summed E-state index contributed by atoms with van der Waals surface area (Å²) < 4.78 is 0. The molecule has 1 aromatic rings. The third kappa shape index (κ3) is 3.98. The number of anilines is 1. The molecule has 1 amide bonds. The van der Waals surface area contributed by atoms with E-state index in [4.69, 9.17) is 23.5 Å². The zero-order valence-electron chi connectivity index (χ0n) is 12.9. The number of nitrogens with zero attached hydrogens (tertiary/aromatic N) is 1. The monoisotopic (exact) mass is 287 g/mol. The Hall–Kier alpha value is -1.60. The van der Waals surface area contributed by atoms with Crippen LogP contribution >= 0.6 is 0 Å². The highest BCUT2D eigenvalue weighted by Gasteiger charge is 2.30. The molecule has 0 saturated heterocycles. The molecule has 2 rings (SSSR count). The van der Waals surface area contributed by atoms with Crippen LogP contribution in [0.15, 0.2) is 18.2 Å². The predicted molar refractivity (Wildman–Crippen MR) is 90.0 cm³/mol. The highest BCUT2D eigenvalue weighted by molar-refractivity contribution is 6.62. The van der Waals surface area contributed by atoms with E-state index in [2.05, 4.69) is 11.8 Å². The molecule has 0 bridgehead atoms. The highest BCUT2D eigenvalue weighted by atomic mass is 16.3. The van der Waals surface area contributed by atoms with Crippen LogP contribution in [-0.2, 0) is 11.2 Å². The maximum Gasteiger partial charge on any atom is 0.225 e. The molecule has 3 nitrogen and oxygen atoms in total. The van der Waals surface area contributed by atoms with Gasteiger partial charge in [0.2, 0.25) is 5.91 Å². The maximum atomic E-state index is 12.3. The van der Waals surface area contributed by atoms with E-state index < -0.39 is 10.8 Å². The highest BCUT2D eigenvalue weighted by Crippen LogP contribution is 2.30. The third-order valence-corrected chi connectivity index (χ3v) is 3.31. The van der Waals surface area contributed by atoms with Crippen molar-refractivity contribution in [1.82, 2.24) is 0 Å². The van der Waals surface area contributed by atoms with Crippen molar-refractivity contribution >= 4 is 35.1 Å². The number of hydrogen-bond donors (Lipinski definition) is 1. The average Bonchev–Trinajstić information content (AvgIpc) is 2.52. The zero-order valence-corrected chi connectivity index (χ0v) is 12.9. The van der Waals surface area contributed by atoms with Gasteiger partial charge in [-0.2, -0.15) is 0 Å². The second kappa shape index (κ2) is 5.89. The SMILES string of the molecule is [B]C([B])([B])N1C(=O)CCCc2ccc(C#CC(C)(C)O)cc21. The Balaban J connectivity index is 2.52. The van der Waals surface area contributed by atoms with Crippen molar-refractivity contribution < 1.29 is 9.90 Å². The smallest absolute Gasteiger partial charge is 0.225 e. The number of aryl methyl sites for hydroxylation is 1. The lowest BCUT2D eigenvalue weighted by molar-refractivity contribution is -0.118. The van der Waals surface area contributed by atoms with Crippen LogP contribution in [0.4, 0.5) is 5.69 Å². The van der Waals surface area contributed by atoms with Gasteiger partial charge in [-0.1, -0.05) is 23.1 Å². The van der Waals surface area contributed by atoms with Crippen LogP contribution in [0.25, 0.3) is 0 Å². The summed E-state index contributed by atoms with van der Waals surface area (Å²) in [6.45, 7) is 3.20. The number of aliphatic hydroxyl groups is 1. The van der Waals surface area contributed by atoms with Crippen LogP contribution in [0.3, 0.4) is 0 Å². The first-order valence-electron chi connectivity index (χ1n) is 7.16. The molecule has 1 N–H and O–H groups in total. The normalized spacial score (nSPS) is 15.6. The Morgan fingerprint density at radius 3 is 2.50 bits per heavy atom. The number of carbonyl (C=O) groups excluding carboxylic acids is 1. The van der Waals surface area contributed by atoms with Crippen molar-refractivity contribution in [3.05, 3.63) is 29.3 Å². The topological polar surface area (TPSA) is 40.5 Å². The molecule has 1 aromatic carbocycles. The number of carbonyl (C=O) groups is 1. The van der Waals surface area contributed by atoms with Gasteiger partial charge in [0.05, 0.1) is 23.5 Å². The molecule has 0 atom stereocenters. The van der Waals surface area contributed by atoms with E-state index in [1.54, 1.807) is 19.9 Å². The first kappa shape index (κ1) is 16.8. The summed E-state index contributed by atoms with van der Waals surface area (Å²) in [5.74, 6) is 5.41. The molecule has 106 valence electrons. The van der Waals surface area contributed by atoms with E-state index in [-0.39, 0.29) is 5.91 Å². The van der Waals surface area contributed by atoms with Gasteiger partial charge in [-0.3, -0.25) is 4.79 Å². The van der Waals surface area contributed by atoms with Gasteiger partial charge in [0.25, 0.3) is 0 Å². The van der Waals surface area contributed by atoms with E-state index in [0.29, 0.717) is 24.1 Å². The van der Waals surface area contributed by atoms with Gasteiger partial charge in [-0.25, -0.2) is 0 Å². The third-order valence-electron chi connectivity index (χ3n) is 3.31. The molecule has 1 heterocycles. The fourth-order valence-electron chi connectivity index (χ4n) is 2.39. The van der Waals surface area contributed by atoms with Gasteiger partial charge in [-0.15, -0.1) is 0 Å². The Morgan fingerprint density at radius 1 is 1.23 bits per heavy atom. The molecule has 0 aliphatic carbocycles. The molecular formula is C16H16B3NO2. The minimum Gasteiger partial charge on any atom is -0.378 e. The minimum absolute atomic E-state index is 0.209. The molecule has 22 heavy (non-hydrogen) atoms. The van der Waals surface area contributed by atoms with E-state index in [1.807, 2.05) is 12.1 Å². The second-order valence-electron chi connectivity index (χ2n) is 6.12. The molecule has 6 heteroatoms. The Kier molecular flexibility index (Phi) is 4.49. The van der Waals surface area contributed by atoms with Crippen LogP contribution in [0.2, 0.25) is 0 Å². The molecule has 1 aliphatic rings. The number of benzene rings is 1. The fraction of sp³-hybridized carbons (Fsp3) is 0.438. The summed E-state index contributed by atoms with van der Waals surface area (Å²) in [6.07, 6.45) is 1.80. The number of fused-ring (bicyclic) bond motifs is 1. The number of rotatable bonds is 1. The Morgan fingerprint density at radius 2 is 1.91 bits per heavy atom. The van der Waals surface area contributed by atoms with Crippen LogP contribution in [-0.4, -0.2) is 45.4 Å². The van der Waals surface area contributed by atoms with Crippen LogP contribution < -0.4 is 4.90 Å². The van der Waals surface area contributed by atoms with Gasteiger partial charge >= 0.3 is 0 Å². The van der Waals surface area contributed by atoms with Gasteiger partial charge in [0, 0.05) is 17.7 Å². The standard InChI is InChI=1S/C16H16B3NO2/c1-15(2,22)9-8-11-6-7-12-4-3-5-14(21)20(13(12)10-11)16(17,18)19/h6-7,10,22H,3-5H2,1-2H3. The van der Waals surface area contributed by atoms with Gasteiger partial charge in [-0.05, 0) is 44.4 Å². The van der Waals surface area contributed by atoms with Gasteiger partial charge in [0.1, 0.15) is 5.60 Å². The van der Waals surface area contributed by atoms with Gasteiger partial charge in [0.15, 0.2) is 0 Å². The summed E-state index contributed by atoms with van der Waals surface area (Å²) in [4.78, 5) is 13.5. The van der Waals surface area contributed by atoms with Crippen molar-refractivity contribution in [2.75, 3.05) is 4.90 Å². The van der Waals surface area contributed by atoms with Crippen molar-refractivity contribution in [3.8, 4) is 11.8 Å². The molecule has 0 spiro atoms. The fourth-order valence-corrected chi connectivity index (χ4v) is 2.39. The van der Waals surface area contributed by atoms with Crippen LogP contribution in [0.1, 0.15) is 37.8 Å². The molecule has 1 aliphatic heterocycles. The lowest BCUT2D eigenvalue weighted by Crippen LogP contribution is -2.54. The molecule has 0 aromatic heterocycles. The summed E-state index contributed by atoms with van der Waals surface area (Å²) in [6, 6.07) is 5.47. The zero-order chi connectivity index (χ0) is 16.5. The maximum absolute atomic E-state index is 12.3. The second-order valence-corrected chi connectivity index (χ2v) is 6.12. The van der Waals surface area contributed by atoms with E-state index in [9.17, 15) is 9.90 Å². The van der Waals surface area contributed by atoms with E-state index in [0.717, 1.165) is 12.0 Å². The van der Waals surface area contributed by atoms with Crippen molar-refractivity contribution in [3.63, 3.8) is 0 Å². The van der Waals surface area contributed by atoms with Crippen molar-refractivity contribution in [2.24, 2.45) is 0 Å². The molecule has 0 unspecified atom stereocenters. The van der Waals surface area contributed by atoms with Crippen LogP contribution in [0.5, 0.6) is 0 Å². The first-order chi connectivity index (χ1) is 10.1. The first-order valence-corrected chi connectivity index (χ1v) is 7.16. The quantitative estimate of drug-likeness (QED) is 0.607. The molecule has 6 radical (unpaired) electrons. The summed E-state index contributed by atoms with van der Waals surface area (Å²) in [7, 11) is 17.3. The van der Waals surface area contributed by atoms with E-state index >= 15 is 0 Å². The Bertz CT molecular complexity index is 648. The largest absolute Gasteiger partial charge is 0.378 e. The summed E-state index contributed by atoms with van der Waals surface area (Å²) >= 11 is 0. The number of hydrogen-bond acceptors (Lipinski definition) is 2. The van der Waals surface area contributed by atoms with E-state index in [1.165, 1.54) is 4.90 Å². The van der Waals surface area contributed by atoms with Crippen molar-refractivity contribution in [2.45, 2.75) is 43.9 Å². The lowest BCUT2D eigenvalue weighted by atomic mass is 9.48. The number of amides is 1. The lowest BCUT2D eigenvalue weighted by Gasteiger charge is -2.38. The molecule has 0 fully saturated rings. The Labute approximate surface area is 135 Å². The van der Waals surface area contributed by atoms with Crippen LogP contribution in [0, 0.1) is 11.8 Å². The summed E-state index contributed by atoms with van der Waals surface area (Å²) in [5, 5.41) is 7.92. The minimum atomic E-state index is -1.77. The molecular weight excluding hydrogens is 271 g/mol. The van der Waals surface area contributed by atoms with Crippen molar-refractivity contribution in [1.29, 1.82) is 0 Å². The molecule has 0 saturated carbocycles.